The number of rotatable bonds is 43. The fourth-order valence-corrected chi connectivity index (χ4v) is 8.16. The molecule has 2 fully saturated rings. The number of carbonyl (C=O) groups excluding carboxylic acids is 1. The summed E-state index contributed by atoms with van der Waals surface area (Å²) in [6, 6.07) is 0. The lowest BCUT2D eigenvalue weighted by Gasteiger charge is -2.42. The van der Waals surface area contributed by atoms with E-state index < -0.39 is 86.7 Å². The average Bonchev–Trinajstić information content (AvgIpc) is 3.38. The summed E-state index contributed by atoms with van der Waals surface area (Å²) in [5.74, 6) is -0.400. The average molecular weight is 1020 g/mol. The highest BCUT2D eigenvalue weighted by Gasteiger charge is 2.47. The van der Waals surface area contributed by atoms with Crippen LogP contribution in [0, 0.1) is 0 Å². The third-order valence-corrected chi connectivity index (χ3v) is 12.6. The highest BCUT2D eigenvalue weighted by Crippen LogP contribution is 2.26. The maximum Gasteiger partial charge on any atom is 0.306 e. The lowest BCUT2D eigenvalue weighted by Crippen LogP contribution is -2.61. The van der Waals surface area contributed by atoms with Gasteiger partial charge in [-0.05, 0) is 89.9 Å². The van der Waals surface area contributed by atoms with Crippen molar-refractivity contribution in [1.29, 1.82) is 0 Å². The zero-order chi connectivity index (χ0) is 52.3. The molecular weight excluding hydrogens is 921 g/mol. The smallest absolute Gasteiger partial charge is 0.306 e. The molecule has 0 radical (unpaired) electrons. The number of hydrogen-bond donors (Lipinski definition) is 7. The highest BCUT2D eigenvalue weighted by molar-refractivity contribution is 5.69. The normalized spacial score (nSPS) is 25.8. The molecule has 0 spiro atoms. The molecule has 0 aliphatic carbocycles. The first-order valence-electron chi connectivity index (χ1n) is 27.7. The van der Waals surface area contributed by atoms with Crippen LogP contribution >= 0.6 is 0 Å². The molecule has 2 aliphatic rings. The minimum absolute atomic E-state index is 0.0308. The lowest BCUT2D eigenvalue weighted by atomic mass is 9.98. The van der Waals surface area contributed by atoms with Crippen molar-refractivity contribution in [1.82, 2.24) is 0 Å². The van der Waals surface area contributed by atoms with Crippen LogP contribution in [0.4, 0.5) is 0 Å². The first-order valence-corrected chi connectivity index (χ1v) is 27.7. The van der Waals surface area contributed by atoms with Gasteiger partial charge in [0.1, 0.15) is 54.9 Å². The molecule has 0 saturated carbocycles. The van der Waals surface area contributed by atoms with Crippen LogP contribution in [0.25, 0.3) is 0 Å². The molecule has 2 heterocycles. The third-order valence-electron chi connectivity index (χ3n) is 12.6. The van der Waals surface area contributed by atoms with Crippen molar-refractivity contribution in [3.05, 3.63) is 85.1 Å². The Morgan fingerprint density at radius 1 is 0.472 bits per heavy atom. The van der Waals surface area contributed by atoms with Crippen LogP contribution < -0.4 is 0 Å². The molecule has 11 unspecified atom stereocenters. The zero-order valence-electron chi connectivity index (χ0n) is 44.1. The molecule has 0 aromatic rings. The number of hydrogen-bond acceptors (Lipinski definition) is 14. The summed E-state index contributed by atoms with van der Waals surface area (Å²) in [4.78, 5) is 13.0. The van der Waals surface area contributed by atoms with Gasteiger partial charge in [-0.1, -0.05) is 163 Å². The van der Waals surface area contributed by atoms with Gasteiger partial charge in [0.15, 0.2) is 12.6 Å². The van der Waals surface area contributed by atoms with E-state index in [-0.39, 0.29) is 19.6 Å². The van der Waals surface area contributed by atoms with Crippen LogP contribution in [-0.4, -0.2) is 142 Å². The molecule has 11 atom stereocenters. The van der Waals surface area contributed by atoms with E-state index in [1.165, 1.54) is 44.9 Å². The SMILES string of the molecule is CC/C=C\C/C=C\C/C=C\C/C=C\C/C=C\C/C=C\CCCCCOCC(COC1OC(COC2OC(CO)C(O)C(O)C2O)C(O)C(O)C1O)OC(=O)CCCCCCC/C=C\CCCCCCCCC. The molecule has 0 bridgehead atoms. The van der Waals surface area contributed by atoms with Gasteiger partial charge in [-0.2, -0.15) is 0 Å². The molecule has 0 aromatic heterocycles. The predicted molar refractivity (Wildman–Crippen MR) is 284 cm³/mol. The maximum atomic E-state index is 13.0. The highest BCUT2D eigenvalue weighted by atomic mass is 16.7. The van der Waals surface area contributed by atoms with Gasteiger partial charge in [0.05, 0.1) is 26.4 Å². The van der Waals surface area contributed by atoms with E-state index in [1.807, 2.05) is 0 Å². The van der Waals surface area contributed by atoms with Crippen molar-refractivity contribution >= 4 is 5.97 Å². The van der Waals surface area contributed by atoms with Gasteiger partial charge >= 0.3 is 5.97 Å². The standard InChI is InChI=1S/C58H98O14/c1-3-5-7-9-11-13-15-17-19-21-22-23-24-25-26-28-30-32-34-36-38-40-42-67-44-47(70-50(60)41-39-37-35-33-31-29-27-20-18-16-14-12-10-8-6-4-2)45-68-57-56(66)54(64)52(62)49(72-57)46-69-58-55(65)53(63)51(61)48(43-59)71-58/h5,7,11,13,17,19-20,22-23,25-27,30,32,47-49,51-59,61-66H,3-4,6,8-10,12,14-16,18,21,24,28-29,31,33-46H2,1-2H3/b7-5-,13-11-,19-17-,23-22-,26-25-,27-20-,32-30-. The van der Waals surface area contributed by atoms with Crippen LogP contribution in [0.5, 0.6) is 0 Å². The summed E-state index contributed by atoms with van der Waals surface area (Å²) in [6.07, 6.45) is 40.7. The van der Waals surface area contributed by atoms with E-state index in [1.54, 1.807) is 0 Å². The van der Waals surface area contributed by atoms with E-state index in [0.29, 0.717) is 13.0 Å². The Kier molecular flexibility index (Phi) is 40.3. The second kappa shape index (κ2) is 44.5. The molecule has 414 valence electrons. The van der Waals surface area contributed by atoms with E-state index in [4.69, 9.17) is 28.4 Å². The summed E-state index contributed by atoms with van der Waals surface area (Å²) in [7, 11) is 0. The van der Waals surface area contributed by atoms with Crippen molar-refractivity contribution in [2.45, 2.75) is 242 Å². The molecule has 2 saturated heterocycles. The zero-order valence-corrected chi connectivity index (χ0v) is 44.1. The number of allylic oxidation sites excluding steroid dienone is 14. The Hall–Kier alpha value is -2.83. The number of aliphatic hydroxyl groups is 7. The van der Waals surface area contributed by atoms with Crippen molar-refractivity contribution in [3.63, 3.8) is 0 Å². The van der Waals surface area contributed by atoms with Gasteiger partial charge in [-0.3, -0.25) is 4.79 Å². The van der Waals surface area contributed by atoms with Gasteiger partial charge in [0.2, 0.25) is 0 Å². The Balaban J connectivity index is 1.77. The minimum Gasteiger partial charge on any atom is -0.457 e. The first-order chi connectivity index (χ1) is 35.1. The van der Waals surface area contributed by atoms with Gasteiger partial charge < -0.3 is 64.2 Å². The van der Waals surface area contributed by atoms with Gasteiger partial charge in [0, 0.05) is 13.0 Å². The molecule has 72 heavy (non-hydrogen) atoms. The number of unbranched alkanes of at least 4 members (excludes halogenated alkanes) is 15. The number of aliphatic hydroxyl groups excluding tert-OH is 7. The fourth-order valence-electron chi connectivity index (χ4n) is 8.16. The van der Waals surface area contributed by atoms with Gasteiger partial charge in [-0.15, -0.1) is 0 Å². The Labute approximate surface area is 433 Å². The predicted octanol–water partition coefficient (Wildman–Crippen LogP) is 9.24. The fraction of sp³-hybridized carbons (Fsp3) is 0.741. The van der Waals surface area contributed by atoms with Crippen LogP contribution in [-0.2, 0) is 33.2 Å². The first kappa shape index (κ1) is 65.3. The summed E-state index contributed by atoms with van der Waals surface area (Å²) < 4.78 is 34.3. The Bertz CT molecular complexity index is 1510. The largest absolute Gasteiger partial charge is 0.457 e. The van der Waals surface area contributed by atoms with Crippen molar-refractivity contribution in [2.75, 3.05) is 33.0 Å². The number of esters is 1. The lowest BCUT2D eigenvalue weighted by molar-refractivity contribution is -0.332. The van der Waals surface area contributed by atoms with Crippen LogP contribution in [0.15, 0.2) is 85.1 Å². The second-order valence-corrected chi connectivity index (χ2v) is 19.0. The molecule has 14 heteroatoms. The summed E-state index contributed by atoms with van der Waals surface area (Å²) >= 11 is 0. The molecule has 0 aromatic carbocycles. The summed E-state index contributed by atoms with van der Waals surface area (Å²) in [6.45, 7) is 3.46. The monoisotopic (exact) mass is 1020 g/mol. The Morgan fingerprint density at radius 3 is 1.43 bits per heavy atom. The van der Waals surface area contributed by atoms with Crippen molar-refractivity contribution in [2.24, 2.45) is 0 Å². The van der Waals surface area contributed by atoms with E-state index in [0.717, 1.165) is 103 Å². The molecule has 7 N–H and O–H groups in total. The molecular formula is C58H98O14. The summed E-state index contributed by atoms with van der Waals surface area (Å²) in [5, 5.41) is 72.3. The second-order valence-electron chi connectivity index (χ2n) is 19.0. The molecule has 2 rings (SSSR count). The van der Waals surface area contributed by atoms with E-state index in [2.05, 4.69) is 98.9 Å². The summed E-state index contributed by atoms with van der Waals surface area (Å²) in [5.41, 5.74) is 0. The van der Waals surface area contributed by atoms with Gasteiger partial charge in [0.25, 0.3) is 0 Å². The molecule has 14 nitrogen and oxygen atoms in total. The number of carbonyl (C=O) groups is 1. The molecule has 2 aliphatic heterocycles. The quantitative estimate of drug-likeness (QED) is 0.0172. The van der Waals surface area contributed by atoms with Crippen LogP contribution in [0.2, 0.25) is 0 Å². The van der Waals surface area contributed by atoms with E-state index >= 15 is 0 Å². The number of ether oxygens (including phenoxy) is 6. The minimum atomic E-state index is -1.72. The van der Waals surface area contributed by atoms with Gasteiger partial charge in [-0.25, -0.2) is 0 Å². The van der Waals surface area contributed by atoms with Crippen molar-refractivity contribution < 1.29 is 69.0 Å². The third kappa shape index (κ3) is 31.1. The van der Waals surface area contributed by atoms with E-state index in [9.17, 15) is 40.5 Å². The van der Waals surface area contributed by atoms with Crippen LogP contribution in [0.1, 0.15) is 174 Å². The topological polar surface area (TPSA) is 214 Å². The van der Waals surface area contributed by atoms with Crippen molar-refractivity contribution in [3.8, 4) is 0 Å². The Morgan fingerprint density at radius 2 is 0.903 bits per heavy atom. The molecule has 0 amide bonds. The van der Waals surface area contributed by atoms with Crippen LogP contribution in [0.3, 0.4) is 0 Å². The maximum absolute atomic E-state index is 13.0.